The van der Waals surface area contributed by atoms with Gasteiger partial charge in [0.05, 0.1) is 16.0 Å². The number of nitrogens with two attached hydrogens (primary N) is 1. The third-order valence-electron chi connectivity index (χ3n) is 2.95. The van der Waals surface area contributed by atoms with E-state index >= 15 is 0 Å². The van der Waals surface area contributed by atoms with Crippen molar-refractivity contribution in [1.82, 2.24) is 4.98 Å². The molecule has 22 heavy (non-hydrogen) atoms. The zero-order valence-corrected chi connectivity index (χ0v) is 11.8. The highest BCUT2D eigenvalue weighted by molar-refractivity contribution is 7.10. The molecule has 1 aromatic carbocycles. The molecule has 110 valence electrons. The predicted octanol–water partition coefficient (Wildman–Crippen LogP) is 1.80. The van der Waals surface area contributed by atoms with Crippen LogP contribution in [-0.2, 0) is 0 Å². The number of thiazole rings is 1. The number of benzene rings is 1. The second-order valence-corrected chi connectivity index (χ2v) is 5.41. The minimum Gasteiger partial charge on any atom is -0.384 e. The van der Waals surface area contributed by atoms with Crippen molar-refractivity contribution in [2.75, 3.05) is 5.73 Å². The zero-order valence-electron chi connectivity index (χ0n) is 11.0. The van der Waals surface area contributed by atoms with Crippen LogP contribution in [0.3, 0.4) is 0 Å². The Kier molecular flexibility index (Phi) is 3.39. The lowest BCUT2D eigenvalue weighted by Gasteiger charge is -2.02. The van der Waals surface area contributed by atoms with Crippen molar-refractivity contribution in [3.8, 4) is 0 Å². The van der Waals surface area contributed by atoms with E-state index in [1.54, 1.807) is 18.2 Å². The Balaban J connectivity index is 2.01. The molecule has 0 radical (unpaired) electrons. The Bertz CT molecular complexity index is 906. The van der Waals surface area contributed by atoms with Crippen molar-refractivity contribution < 1.29 is 4.92 Å². The highest BCUT2D eigenvalue weighted by atomic mass is 32.1. The molecule has 0 saturated heterocycles. The Morgan fingerprint density at radius 2 is 2.23 bits per heavy atom. The molecule has 0 aliphatic carbocycles. The first-order valence-corrected chi connectivity index (χ1v) is 6.93. The number of rotatable bonds is 3. The number of nitro benzene ring substituents is 1. The van der Waals surface area contributed by atoms with Gasteiger partial charge in [0, 0.05) is 23.3 Å². The SMILES string of the molecule is Nc1[nH]c(=O)sc1/C=C1/C=NN=C1c1cccc([N+](=O)[O-])c1. The Labute approximate surface area is 127 Å². The molecule has 3 rings (SSSR count). The third kappa shape index (κ3) is 2.56. The van der Waals surface area contributed by atoms with E-state index in [4.69, 9.17) is 5.73 Å². The van der Waals surface area contributed by atoms with Gasteiger partial charge in [-0.15, -0.1) is 5.10 Å². The van der Waals surface area contributed by atoms with Crippen LogP contribution in [0.5, 0.6) is 0 Å². The normalized spacial score (nSPS) is 15.3. The van der Waals surface area contributed by atoms with E-state index in [0.717, 1.165) is 11.3 Å². The number of nitro groups is 1. The van der Waals surface area contributed by atoms with E-state index in [-0.39, 0.29) is 16.4 Å². The predicted molar refractivity (Wildman–Crippen MR) is 85.5 cm³/mol. The molecule has 0 atom stereocenters. The van der Waals surface area contributed by atoms with E-state index in [1.165, 1.54) is 18.3 Å². The highest BCUT2D eigenvalue weighted by Crippen LogP contribution is 2.22. The van der Waals surface area contributed by atoms with Crippen LogP contribution in [0.25, 0.3) is 6.08 Å². The summed E-state index contributed by atoms with van der Waals surface area (Å²) in [6.07, 6.45) is 3.18. The molecule has 0 bridgehead atoms. The summed E-state index contributed by atoms with van der Waals surface area (Å²) in [5.74, 6) is 0.265. The molecule has 8 nitrogen and oxygen atoms in total. The summed E-state index contributed by atoms with van der Waals surface area (Å²) in [4.78, 5) is 24.4. The second kappa shape index (κ2) is 5.37. The van der Waals surface area contributed by atoms with Crippen molar-refractivity contribution in [3.63, 3.8) is 0 Å². The summed E-state index contributed by atoms with van der Waals surface area (Å²) in [7, 11) is 0. The standard InChI is InChI=1S/C13H9N5O3S/c14-12-10(22-13(19)16-12)5-8-6-15-17-11(8)7-2-1-3-9(4-7)18(20)21/h1-6H,14H2,(H,16,19)/b8-5-. The average molecular weight is 315 g/mol. The Morgan fingerprint density at radius 3 is 2.91 bits per heavy atom. The summed E-state index contributed by atoms with van der Waals surface area (Å²) in [5.41, 5.74) is 7.36. The third-order valence-corrected chi connectivity index (χ3v) is 3.79. The molecule has 1 aromatic heterocycles. The van der Waals surface area contributed by atoms with Crippen molar-refractivity contribution in [2.24, 2.45) is 10.2 Å². The van der Waals surface area contributed by atoms with Crippen LogP contribution in [0, 0.1) is 10.1 Å². The maximum atomic E-state index is 11.3. The first-order valence-electron chi connectivity index (χ1n) is 6.11. The lowest BCUT2D eigenvalue weighted by atomic mass is 10.0. The monoisotopic (exact) mass is 315 g/mol. The molecule has 1 aliphatic rings. The van der Waals surface area contributed by atoms with Gasteiger partial charge in [-0.1, -0.05) is 23.5 Å². The van der Waals surface area contributed by atoms with E-state index in [9.17, 15) is 14.9 Å². The van der Waals surface area contributed by atoms with Crippen LogP contribution in [0.15, 0.2) is 44.8 Å². The molecule has 2 heterocycles. The molecule has 9 heteroatoms. The Morgan fingerprint density at radius 1 is 1.41 bits per heavy atom. The molecule has 0 spiro atoms. The van der Waals surface area contributed by atoms with Gasteiger partial charge in [-0.25, -0.2) is 0 Å². The number of nitrogen functional groups attached to an aromatic ring is 1. The summed E-state index contributed by atoms with van der Waals surface area (Å²) >= 11 is 0.969. The molecule has 0 amide bonds. The molecular formula is C13H9N5O3S. The minimum absolute atomic E-state index is 0.0303. The lowest BCUT2D eigenvalue weighted by Crippen LogP contribution is -2.03. The van der Waals surface area contributed by atoms with Gasteiger partial charge in [-0.2, -0.15) is 5.10 Å². The smallest absolute Gasteiger partial charge is 0.306 e. The number of hydrogen-bond acceptors (Lipinski definition) is 7. The van der Waals surface area contributed by atoms with Crippen molar-refractivity contribution in [1.29, 1.82) is 0 Å². The fourth-order valence-electron chi connectivity index (χ4n) is 1.96. The topological polar surface area (TPSA) is 127 Å². The molecular weight excluding hydrogens is 306 g/mol. The fraction of sp³-hybridized carbons (Fsp3) is 0. The Hall–Kier alpha value is -3.07. The minimum atomic E-state index is -0.473. The highest BCUT2D eigenvalue weighted by Gasteiger charge is 2.17. The molecule has 1 aliphatic heterocycles. The molecule has 2 aromatic rings. The fourth-order valence-corrected chi connectivity index (χ4v) is 2.67. The first kappa shape index (κ1) is 13.9. The van der Waals surface area contributed by atoms with Crippen molar-refractivity contribution in [3.05, 3.63) is 60.1 Å². The first-order chi connectivity index (χ1) is 10.5. The molecule has 0 unspecified atom stereocenters. The zero-order chi connectivity index (χ0) is 15.7. The summed E-state index contributed by atoms with van der Waals surface area (Å²) in [6, 6.07) is 6.11. The summed E-state index contributed by atoms with van der Waals surface area (Å²) < 4.78 is 0. The largest absolute Gasteiger partial charge is 0.384 e. The van der Waals surface area contributed by atoms with Crippen LogP contribution in [-0.4, -0.2) is 21.8 Å². The van der Waals surface area contributed by atoms with Crippen LogP contribution in [0.1, 0.15) is 10.4 Å². The molecule has 0 fully saturated rings. The van der Waals surface area contributed by atoms with Gasteiger partial charge in [0.2, 0.25) is 0 Å². The van der Waals surface area contributed by atoms with E-state index in [0.29, 0.717) is 21.7 Å². The lowest BCUT2D eigenvalue weighted by molar-refractivity contribution is -0.384. The number of aromatic amines is 1. The van der Waals surface area contributed by atoms with Crippen LogP contribution in [0.4, 0.5) is 11.5 Å². The van der Waals surface area contributed by atoms with Crippen molar-refractivity contribution >= 4 is 40.8 Å². The quantitative estimate of drug-likeness (QED) is 0.661. The van der Waals surface area contributed by atoms with Gasteiger partial charge in [0.15, 0.2) is 0 Å². The van der Waals surface area contributed by atoms with Gasteiger partial charge in [-0.3, -0.25) is 19.9 Å². The number of nitrogens with one attached hydrogen (secondary N) is 1. The van der Waals surface area contributed by atoms with E-state index in [2.05, 4.69) is 15.2 Å². The van der Waals surface area contributed by atoms with E-state index in [1.807, 2.05) is 0 Å². The van der Waals surface area contributed by atoms with Gasteiger partial charge < -0.3 is 5.73 Å². The second-order valence-electron chi connectivity index (χ2n) is 4.39. The van der Waals surface area contributed by atoms with Crippen LogP contribution < -0.4 is 10.6 Å². The van der Waals surface area contributed by atoms with Gasteiger partial charge in [0.25, 0.3) is 5.69 Å². The number of aromatic nitrogens is 1. The van der Waals surface area contributed by atoms with Crippen LogP contribution >= 0.6 is 11.3 Å². The summed E-state index contributed by atoms with van der Waals surface area (Å²) in [6.45, 7) is 0. The number of anilines is 1. The van der Waals surface area contributed by atoms with Gasteiger partial charge >= 0.3 is 4.87 Å². The number of non-ortho nitro benzene ring substituents is 1. The van der Waals surface area contributed by atoms with Gasteiger partial charge in [0.1, 0.15) is 11.5 Å². The maximum Gasteiger partial charge on any atom is 0.306 e. The number of hydrogen-bond donors (Lipinski definition) is 2. The molecule has 0 saturated carbocycles. The van der Waals surface area contributed by atoms with Gasteiger partial charge in [-0.05, 0) is 6.08 Å². The summed E-state index contributed by atoms with van der Waals surface area (Å²) in [5, 5.41) is 18.7. The van der Waals surface area contributed by atoms with Crippen molar-refractivity contribution in [2.45, 2.75) is 0 Å². The van der Waals surface area contributed by atoms with Crippen LogP contribution in [0.2, 0.25) is 0 Å². The number of nitrogens with zero attached hydrogens (tertiary/aromatic N) is 3. The number of allylic oxidation sites excluding steroid dienone is 1. The average Bonchev–Trinajstić information content (AvgIpc) is 3.06. The number of H-pyrrole nitrogens is 1. The van der Waals surface area contributed by atoms with E-state index < -0.39 is 4.92 Å². The maximum absolute atomic E-state index is 11.3. The molecule has 3 N–H and O–H groups in total.